The molecule has 5 heteroatoms. The largest absolute Gasteiger partial charge is 0.384 e. The minimum atomic E-state index is 0.699. The molecule has 0 fully saturated rings. The van der Waals surface area contributed by atoms with Crippen LogP contribution < -0.4 is 5.73 Å². The van der Waals surface area contributed by atoms with E-state index in [4.69, 9.17) is 17.3 Å². The predicted octanol–water partition coefficient (Wildman–Crippen LogP) is 2.69. The van der Waals surface area contributed by atoms with Crippen LogP contribution in [0.5, 0.6) is 0 Å². The molecule has 2 rings (SSSR count). The lowest BCUT2D eigenvalue weighted by molar-refractivity contribution is 0.782. The summed E-state index contributed by atoms with van der Waals surface area (Å²) in [6, 6.07) is 3.83. The normalized spacial score (nSPS) is 10.8. The first-order chi connectivity index (χ1) is 6.59. The number of hydrogen-bond acceptors (Lipinski definition) is 3. The first-order valence-electron chi connectivity index (χ1n) is 4.14. The van der Waals surface area contributed by atoms with Gasteiger partial charge in [-0.25, -0.2) is 0 Å². The summed E-state index contributed by atoms with van der Waals surface area (Å²) in [6.07, 6.45) is 0. The zero-order valence-electron chi connectivity index (χ0n) is 7.91. The standard InChI is InChI=1S/C9H10ClN3S/c1-5-8(12-13(2)9(5)11)6-3-4-7(10)14-6/h3-4H,11H2,1-2H3. The number of nitrogen functional groups attached to an aromatic ring is 1. The highest BCUT2D eigenvalue weighted by Crippen LogP contribution is 2.33. The van der Waals surface area contributed by atoms with Crippen LogP contribution in [0.25, 0.3) is 10.6 Å². The summed E-state index contributed by atoms with van der Waals surface area (Å²) in [5.41, 5.74) is 7.74. The molecule has 3 nitrogen and oxygen atoms in total. The van der Waals surface area contributed by atoms with E-state index >= 15 is 0 Å². The van der Waals surface area contributed by atoms with Crippen molar-refractivity contribution in [1.82, 2.24) is 9.78 Å². The van der Waals surface area contributed by atoms with Crippen molar-refractivity contribution in [1.29, 1.82) is 0 Å². The van der Waals surface area contributed by atoms with Crippen LogP contribution in [0.15, 0.2) is 12.1 Å². The minimum Gasteiger partial charge on any atom is -0.384 e. The Bertz CT molecular complexity index is 472. The van der Waals surface area contributed by atoms with E-state index in [1.54, 1.807) is 4.68 Å². The Hall–Kier alpha value is -1.00. The van der Waals surface area contributed by atoms with Gasteiger partial charge in [0, 0.05) is 12.6 Å². The van der Waals surface area contributed by atoms with Crippen molar-refractivity contribution in [2.24, 2.45) is 7.05 Å². The fourth-order valence-corrected chi connectivity index (χ4v) is 2.40. The molecule has 2 N–H and O–H groups in total. The van der Waals surface area contributed by atoms with E-state index in [0.717, 1.165) is 20.5 Å². The molecule has 2 aromatic heterocycles. The zero-order valence-corrected chi connectivity index (χ0v) is 9.49. The number of anilines is 1. The molecule has 0 atom stereocenters. The van der Waals surface area contributed by atoms with Gasteiger partial charge in [-0.15, -0.1) is 11.3 Å². The number of aryl methyl sites for hydroxylation is 1. The quantitative estimate of drug-likeness (QED) is 0.814. The van der Waals surface area contributed by atoms with Gasteiger partial charge in [-0.1, -0.05) is 11.6 Å². The van der Waals surface area contributed by atoms with Gasteiger partial charge in [0.15, 0.2) is 0 Å². The number of nitrogens with zero attached hydrogens (tertiary/aromatic N) is 2. The molecule has 0 aliphatic rings. The third-order valence-electron chi connectivity index (χ3n) is 2.14. The second-order valence-electron chi connectivity index (χ2n) is 3.09. The van der Waals surface area contributed by atoms with Crippen molar-refractivity contribution >= 4 is 28.8 Å². The number of rotatable bonds is 1. The fraction of sp³-hybridized carbons (Fsp3) is 0.222. The SMILES string of the molecule is Cc1c(-c2ccc(Cl)s2)nn(C)c1N. The Labute approximate surface area is 91.1 Å². The van der Waals surface area contributed by atoms with Crippen molar-refractivity contribution in [3.8, 4) is 10.6 Å². The third-order valence-corrected chi connectivity index (χ3v) is 3.38. The molecule has 2 aromatic rings. The van der Waals surface area contributed by atoms with E-state index in [2.05, 4.69) is 5.10 Å². The lowest BCUT2D eigenvalue weighted by Crippen LogP contribution is -1.97. The highest BCUT2D eigenvalue weighted by molar-refractivity contribution is 7.19. The molecule has 0 radical (unpaired) electrons. The average molecular weight is 228 g/mol. The number of halogens is 1. The molecular weight excluding hydrogens is 218 g/mol. The second kappa shape index (κ2) is 3.29. The van der Waals surface area contributed by atoms with E-state index in [-0.39, 0.29) is 0 Å². The van der Waals surface area contributed by atoms with Crippen LogP contribution in [-0.2, 0) is 7.05 Å². The Morgan fingerprint density at radius 2 is 2.21 bits per heavy atom. The number of thiophene rings is 1. The third kappa shape index (κ3) is 1.40. The first-order valence-corrected chi connectivity index (χ1v) is 5.34. The van der Waals surface area contributed by atoms with Gasteiger partial charge in [-0.2, -0.15) is 5.10 Å². The molecule has 0 aliphatic carbocycles. The zero-order chi connectivity index (χ0) is 10.3. The Morgan fingerprint density at radius 3 is 2.64 bits per heavy atom. The Morgan fingerprint density at radius 1 is 1.50 bits per heavy atom. The van der Waals surface area contributed by atoms with Gasteiger partial charge >= 0.3 is 0 Å². The van der Waals surface area contributed by atoms with Crippen molar-refractivity contribution in [3.05, 3.63) is 22.0 Å². The number of nitrogens with two attached hydrogens (primary N) is 1. The first kappa shape index (κ1) is 9.55. The Balaban J connectivity index is 2.57. The number of hydrogen-bond donors (Lipinski definition) is 1. The van der Waals surface area contributed by atoms with Gasteiger partial charge in [0.2, 0.25) is 0 Å². The van der Waals surface area contributed by atoms with Gasteiger partial charge in [0.05, 0.1) is 9.21 Å². The highest BCUT2D eigenvalue weighted by Gasteiger charge is 2.12. The van der Waals surface area contributed by atoms with Crippen LogP contribution in [0.4, 0.5) is 5.82 Å². The average Bonchev–Trinajstić information content (AvgIpc) is 2.66. The monoisotopic (exact) mass is 227 g/mol. The summed E-state index contributed by atoms with van der Waals surface area (Å²) in [5.74, 6) is 0.699. The van der Waals surface area contributed by atoms with Crippen LogP contribution in [0, 0.1) is 6.92 Å². The fourth-order valence-electron chi connectivity index (χ4n) is 1.32. The lowest BCUT2D eigenvalue weighted by atomic mass is 10.2. The maximum Gasteiger partial charge on any atom is 0.124 e. The van der Waals surface area contributed by atoms with Gasteiger partial charge in [-0.3, -0.25) is 4.68 Å². The topological polar surface area (TPSA) is 43.8 Å². The van der Waals surface area contributed by atoms with Crippen LogP contribution in [0.3, 0.4) is 0 Å². The van der Waals surface area contributed by atoms with Crippen molar-refractivity contribution < 1.29 is 0 Å². The van der Waals surface area contributed by atoms with Gasteiger partial charge in [0.25, 0.3) is 0 Å². The molecule has 0 spiro atoms. The minimum absolute atomic E-state index is 0.699. The van der Waals surface area contributed by atoms with Crippen LogP contribution in [-0.4, -0.2) is 9.78 Å². The van der Waals surface area contributed by atoms with Crippen molar-refractivity contribution in [2.75, 3.05) is 5.73 Å². The van der Waals surface area contributed by atoms with E-state index in [9.17, 15) is 0 Å². The molecule has 0 saturated carbocycles. The molecule has 14 heavy (non-hydrogen) atoms. The van der Waals surface area contributed by atoms with Gasteiger partial charge in [0.1, 0.15) is 11.5 Å². The molecule has 0 bridgehead atoms. The lowest BCUT2D eigenvalue weighted by Gasteiger charge is -1.92. The summed E-state index contributed by atoms with van der Waals surface area (Å²) in [6.45, 7) is 1.96. The van der Waals surface area contributed by atoms with Crippen LogP contribution in [0.1, 0.15) is 5.56 Å². The van der Waals surface area contributed by atoms with E-state index < -0.39 is 0 Å². The second-order valence-corrected chi connectivity index (χ2v) is 4.80. The summed E-state index contributed by atoms with van der Waals surface area (Å²) in [7, 11) is 1.83. The molecule has 0 saturated heterocycles. The van der Waals surface area contributed by atoms with Gasteiger partial charge < -0.3 is 5.73 Å². The summed E-state index contributed by atoms with van der Waals surface area (Å²) >= 11 is 7.37. The molecule has 0 unspecified atom stereocenters. The van der Waals surface area contributed by atoms with Gasteiger partial charge in [-0.05, 0) is 19.1 Å². The number of aromatic nitrogens is 2. The molecule has 0 aromatic carbocycles. The highest BCUT2D eigenvalue weighted by atomic mass is 35.5. The van der Waals surface area contributed by atoms with E-state index in [1.165, 1.54) is 11.3 Å². The van der Waals surface area contributed by atoms with E-state index in [1.807, 2.05) is 26.1 Å². The smallest absolute Gasteiger partial charge is 0.124 e. The predicted molar refractivity (Wildman–Crippen MR) is 60.7 cm³/mol. The summed E-state index contributed by atoms with van der Waals surface area (Å²) in [4.78, 5) is 1.06. The van der Waals surface area contributed by atoms with E-state index in [0.29, 0.717) is 5.82 Å². The Kier molecular flexibility index (Phi) is 2.25. The van der Waals surface area contributed by atoms with Crippen LogP contribution in [0.2, 0.25) is 4.34 Å². The summed E-state index contributed by atoms with van der Waals surface area (Å²) in [5, 5.41) is 4.34. The maximum absolute atomic E-state index is 5.86. The maximum atomic E-state index is 5.86. The molecule has 0 amide bonds. The van der Waals surface area contributed by atoms with Crippen LogP contribution >= 0.6 is 22.9 Å². The molecule has 2 heterocycles. The van der Waals surface area contributed by atoms with Crippen molar-refractivity contribution in [2.45, 2.75) is 6.92 Å². The molecule has 0 aliphatic heterocycles. The molecular formula is C9H10ClN3S. The van der Waals surface area contributed by atoms with Crippen molar-refractivity contribution in [3.63, 3.8) is 0 Å². The summed E-state index contributed by atoms with van der Waals surface area (Å²) < 4.78 is 2.45. The molecule has 74 valence electrons.